The number of nitrogens with zero attached hydrogens (tertiary/aromatic N) is 4. The lowest BCUT2D eigenvalue weighted by atomic mass is 10.1. The highest BCUT2D eigenvalue weighted by Crippen LogP contribution is 2.30. The average Bonchev–Trinajstić information content (AvgIpc) is 3.09. The number of H-pyrrole nitrogens is 1. The van der Waals surface area contributed by atoms with Crippen molar-refractivity contribution in [1.29, 1.82) is 0 Å². The zero-order chi connectivity index (χ0) is 17.3. The lowest BCUT2D eigenvalue weighted by Crippen LogP contribution is -2.29. The molecule has 1 aliphatic carbocycles. The Morgan fingerprint density at radius 1 is 1.36 bits per heavy atom. The van der Waals surface area contributed by atoms with E-state index in [9.17, 15) is 8.42 Å². The summed E-state index contributed by atoms with van der Waals surface area (Å²) >= 11 is 0. The van der Waals surface area contributed by atoms with Gasteiger partial charge in [0.05, 0.1) is 25.0 Å². The van der Waals surface area contributed by atoms with Gasteiger partial charge in [0, 0.05) is 26.1 Å². The minimum atomic E-state index is -3.54. The summed E-state index contributed by atoms with van der Waals surface area (Å²) in [4.78, 5) is 10.8. The Morgan fingerprint density at radius 3 is 3.00 bits per heavy atom. The summed E-state index contributed by atoms with van der Waals surface area (Å²) in [6, 6.07) is 0. The molecule has 2 fully saturated rings. The molecule has 0 bridgehead atoms. The summed E-state index contributed by atoms with van der Waals surface area (Å²) in [5, 5.41) is 4.08. The van der Waals surface area contributed by atoms with Crippen LogP contribution in [-0.2, 0) is 21.2 Å². The van der Waals surface area contributed by atoms with E-state index >= 15 is 0 Å². The molecule has 1 aliphatic heterocycles. The van der Waals surface area contributed by atoms with Gasteiger partial charge in [0.1, 0.15) is 0 Å². The molecule has 9 nitrogen and oxygen atoms in total. The maximum absolute atomic E-state index is 12.5. The van der Waals surface area contributed by atoms with Gasteiger partial charge in [-0.05, 0) is 25.2 Å². The Hall–Kier alpha value is -1.78. The zero-order valence-corrected chi connectivity index (χ0v) is 14.6. The largest absolute Gasteiger partial charge is 0.381 e. The third-order valence-corrected chi connectivity index (χ3v) is 6.39. The van der Waals surface area contributed by atoms with Gasteiger partial charge >= 0.3 is 0 Å². The quantitative estimate of drug-likeness (QED) is 0.691. The van der Waals surface area contributed by atoms with E-state index in [4.69, 9.17) is 9.26 Å². The van der Waals surface area contributed by atoms with Crippen molar-refractivity contribution >= 4 is 10.0 Å². The fourth-order valence-electron chi connectivity index (χ4n) is 2.90. The van der Waals surface area contributed by atoms with E-state index in [1.54, 1.807) is 0 Å². The van der Waals surface area contributed by atoms with Gasteiger partial charge in [-0.1, -0.05) is 5.16 Å². The topological polar surface area (TPSA) is 114 Å². The Labute approximate surface area is 145 Å². The van der Waals surface area contributed by atoms with Crippen molar-refractivity contribution in [2.45, 2.75) is 36.6 Å². The van der Waals surface area contributed by atoms with E-state index in [0.29, 0.717) is 44.3 Å². The van der Waals surface area contributed by atoms with Crippen LogP contribution in [-0.4, -0.2) is 59.1 Å². The molecule has 0 spiro atoms. The number of imidazole rings is 1. The predicted octanol–water partition coefficient (Wildman–Crippen LogP) is 0.940. The number of aromatic nitrogens is 4. The first-order valence-electron chi connectivity index (χ1n) is 8.51. The number of ether oxygens (including phenoxy) is 1. The molecule has 2 aromatic heterocycles. The Kier molecular flexibility index (Phi) is 4.57. The van der Waals surface area contributed by atoms with Crippen molar-refractivity contribution in [2.75, 3.05) is 26.3 Å². The fourth-order valence-corrected chi connectivity index (χ4v) is 4.30. The van der Waals surface area contributed by atoms with Crippen molar-refractivity contribution in [3.05, 3.63) is 24.2 Å². The lowest BCUT2D eigenvalue weighted by molar-refractivity contribution is 0.125. The summed E-state index contributed by atoms with van der Waals surface area (Å²) in [6.45, 7) is 2.16. The molecule has 4 rings (SSSR count). The number of rotatable bonds is 8. The number of sulfonamides is 1. The first-order valence-corrected chi connectivity index (χ1v) is 9.95. The van der Waals surface area contributed by atoms with Crippen LogP contribution < -0.4 is 0 Å². The van der Waals surface area contributed by atoms with E-state index in [2.05, 4.69) is 20.1 Å². The summed E-state index contributed by atoms with van der Waals surface area (Å²) < 4.78 is 37.3. The maximum Gasteiger partial charge on any atom is 0.260 e. The van der Waals surface area contributed by atoms with Crippen molar-refractivity contribution in [3.8, 4) is 0 Å². The number of hydrogen-bond donors (Lipinski definition) is 1. The Balaban J connectivity index is 1.32. The molecule has 10 heteroatoms. The minimum Gasteiger partial charge on any atom is -0.381 e. The van der Waals surface area contributed by atoms with E-state index in [0.717, 1.165) is 12.5 Å². The van der Waals surface area contributed by atoms with Gasteiger partial charge in [-0.25, -0.2) is 13.4 Å². The molecule has 1 unspecified atom stereocenters. The smallest absolute Gasteiger partial charge is 0.260 e. The van der Waals surface area contributed by atoms with Gasteiger partial charge in [0.2, 0.25) is 5.89 Å². The fraction of sp³-hybridized carbons (Fsp3) is 0.667. The van der Waals surface area contributed by atoms with Crippen LogP contribution in [0, 0.1) is 5.92 Å². The van der Waals surface area contributed by atoms with Crippen LogP contribution in [0.5, 0.6) is 0 Å². The van der Waals surface area contributed by atoms with Crippen LogP contribution in [0.1, 0.15) is 36.9 Å². The lowest BCUT2D eigenvalue weighted by Gasteiger charge is -2.14. The first-order chi connectivity index (χ1) is 12.1. The zero-order valence-electron chi connectivity index (χ0n) is 13.8. The van der Waals surface area contributed by atoms with Gasteiger partial charge < -0.3 is 14.2 Å². The SMILES string of the molecule is O=S(=O)(c1cnc[nH]1)N1CCC(c2nc(CCOCC3CC3)no2)C1. The number of nitrogens with one attached hydrogen (secondary N) is 1. The minimum absolute atomic E-state index is 0.0775. The number of aromatic amines is 1. The summed E-state index contributed by atoms with van der Waals surface area (Å²) in [5.74, 6) is 1.77. The van der Waals surface area contributed by atoms with Gasteiger partial charge in [0.15, 0.2) is 10.9 Å². The first kappa shape index (κ1) is 16.7. The van der Waals surface area contributed by atoms with Crippen LogP contribution >= 0.6 is 0 Å². The summed E-state index contributed by atoms with van der Waals surface area (Å²) in [6.07, 6.45) is 6.48. The van der Waals surface area contributed by atoms with Crippen LogP contribution in [0.15, 0.2) is 22.1 Å². The Bertz CT molecular complexity index is 800. The third kappa shape index (κ3) is 3.75. The van der Waals surface area contributed by atoms with E-state index in [1.165, 1.54) is 29.7 Å². The van der Waals surface area contributed by atoms with Crippen LogP contribution in [0.2, 0.25) is 0 Å². The standard InChI is InChI=1S/C15H21N5O4S/c21-25(22,14-7-16-10-17-14)20-5-3-12(8-20)15-18-13(19-24-15)4-6-23-9-11-1-2-11/h7,10-12H,1-6,8-9H2,(H,16,17). The van der Waals surface area contributed by atoms with Crippen molar-refractivity contribution in [3.63, 3.8) is 0 Å². The van der Waals surface area contributed by atoms with Gasteiger partial charge in [-0.3, -0.25) is 0 Å². The monoisotopic (exact) mass is 367 g/mol. The molecule has 0 radical (unpaired) electrons. The van der Waals surface area contributed by atoms with Crippen LogP contribution in [0.25, 0.3) is 0 Å². The molecule has 25 heavy (non-hydrogen) atoms. The van der Waals surface area contributed by atoms with Gasteiger partial charge in [0.25, 0.3) is 10.0 Å². The highest BCUT2D eigenvalue weighted by Gasteiger charge is 2.36. The normalized spacial score (nSPS) is 21.8. The van der Waals surface area contributed by atoms with Crippen molar-refractivity contribution in [2.24, 2.45) is 5.92 Å². The highest BCUT2D eigenvalue weighted by atomic mass is 32.2. The molecule has 136 valence electrons. The van der Waals surface area contributed by atoms with Crippen molar-refractivity contribution < 1.29 is 17.7 Å². The average molecular weight is 367 g/mol. The molecule has 3 heterocycles. The summed E-state index contributed by atoms with van der Waals surface area (Å²) in [5.41, 5.74) is 0. The third-order valence-electron chi connectivity index (χ3n) is 4.60. The highest BCUT2D eigenvalue weighted by molar-refractivity contribution is 7.89. The molecule has 2 aliphatic rings. The Morgan fingerprint density at radius 2 is 2.24 bits per heavy atom. The molecule has 0 aromatic carbocycles. The molecule has 1 saturated carbocycles. The van der Waals surface area contributed by atoms with E-state index in [-0.39, 0.29) is 10.9 Å². The molecular weight excluding hydrogens is 346 g/mol. The second kappa shape index (κ2) is 6.85. The van der Waals surface area contributed by atoms with Crippen molar-refractivity contribution in [1.82, 2.24) is 24.4 Å². The van der Waals surface area contributed by atoms with Gasteiger partial charge in [-0.15, -0.1) is 0 Å². The number of hydrogen-bond acceptors (Lipinski definition) is 7. The molecule has 0 amide bonds. The van der Waals surface area contributed by atoms with E-state index < -0.39 is 10.0 Å². The second-order valence-electron chi connectivity index (χ2n) is 6.58. The predicted molar refractivity (Wildman–Crippen MR) is 86.2 cm³/mol. The maximum atomic E-state index is 12.5. The van der Waals surface area contributed by atoms with Crippen LogP contribution in [0.3, 0.4) is 0 Å². The molecular formula is C15H21N5O4S. The molecule has 1 atom stereocenters. The molecule has 1 saturated heterocycles. The summed E-state index contributed by atoms with van der Waals surface area (Å²) in [7, 11) is -3.54. The van der Waals surface area contributed by atoms with E-state index in [1.807, 2.05) is 0 Å². The van der Waals surface area contributed by atoms with Crippen LogP contribution in [0.4, 0.5) is 0 Å². The second-order valence-corrected chi connectivity index (χ2v) is 8.49. The molecule has 1 N–H and O–H groups in total. The van der Waals surface area contributed by atoms with Gasteiger partial charge in [-0.2, -0.15) is 9.29 Å². The molecule has 2 aromatic rings.